The molecule has 0 aliphatic heterocycles. The second kappa shape index (κ2) is 8.21. The van der Waals surface area contributed by atoms with Gasteiger partial charge in [-0.1, -0.05) is 23.7 Å². The van der Waals surface area contributed by atoms with Crippen LogP contribution in [0.4, 0.5) is 10.5 Å². The summed E-state index contributed by atoms with van der Waals surface area (Å²) in [6, 6.07) is 11.6. The maximum absolute atomic E-state index is 12.1. The van der Waals surface area contributed by atoms with Crippen molar-refractivity contribution in [3.63, 3.8) is 0 Å². The third kappa shape index (κ3) is 5.17. The van der Waals surface area contributed by atoms with Gasteiger partial charge in [-0.2, -0.15) is 0 Å². The Labute approximate surface area is 144 Å². The maximum atomic E-state index is 12.1. The Hall–Kier alpha value is -2.73. The number of aromatic hydroxyl groups is 1. The van der Waals surface area contributed by atoms with Crippen LogP contribution in [0.25, 0.3) is 0 Å². The molecule has 2 rings (SSSR count). The number of methoxy groups -OCH3 is 1. The van der Waals surface area contributed by atoms with E-state index < -0.39 is 18.0 Å². The topological polar surface area (TPSA) is 87.7 Å². The van der Waals surface area contributed by atoms with Crippen LogP contribution in [0.5, 0.6) is 5.75 Å². The van der Waals surface area contributed by atoms with Gasteiger partial charge >= 0.3 is 12.0 Å². The van der Waals surface area contributed by atoms with Gasteiger partial charge < -0.3 is 20.5 Å². The second-order valence-corrected chi connectivity index (χ2v) is 5.49. The van der Waals surface area contributed by atoms with Crippen molar-refractivity contribution in [2.45, 2.75) is 12.5 Å². The Morgan fingerprint density at radius 3 is 2.33 bits per heavy atom. The number of ether oxygens (including phenoxy) is 1. The van der Waals surface area contributed by atoms with E-state index in [1.54, 1.807) is 36.4 Å². The summed E-state index contributed by atoms with van der Waals surface area (Å²) >= 11 is 5.79. The Balaban J connectivity index is 2.02. The molecular formula is C17H17ClN2O4. The van der Waals surface area contributed by atoms with Gasteiger partial charge in [0.1, 0.15) is 11.8 Å². The first-order chi connectivity index (χ1) is 11.5. The van der Waals surface area contributed by atoms with Gasteiger partial charge in [-0.25, -0.2) is 9.59 Å². The summed E-state index contributed by atoms with van der Waals surface area (Å²) in [6.45, 7) is 0. The molecular weight excluding hydrogens is 332 g/mol. The first-order valence-electron chi connectivity index (χ1n) is 7.17. The molecule has 24 heavy (non-hydrogen) atoms. The zero-order chi connectivity index (χ0) is 17.5. The van der Waals surface area contributed by atoms with Gasteiger partial charge in [0, 0.05) is 17.1 Å². The number of esters is 1. The van der Waals surface area contributed by atoms with Crippen LogP contribution in [0.15, 0.2) is 48.5 Å². The second-order valence-electron chi connectivity index (χ2n) is 5.05. The summed E-state index contributed by atoms with van der Waals surface area (Å²) in [5.41, 5.74) is 1.32. The molecule has 0 bridgehead atoms. The van der Waals surface area contributed by atoms with Crippen LogP contribution in [-0.4, -0.2) is 30.3 Å². The van der Waals surface area contributed by atoms with E-state index in [1.807, 2.05) is 0 Å². The van der Waals surface area contributed by atoms with Crippen molar-refractivity contribution in [2.24, 2.45) is 0 Å². The Morgan fingerprint density at radius 2 is 1.75 bits per heavy atom. The minimum absolute atomic E-state index is 0.127. The van der Waals surface area contributed by atoms with Crippen LogP contribution >= 0.6 is 11.6 Å². The molecule has 1 unspecified atom stereocenters. The molecule has 3 N–H and O–H groups in total. The number of halogens is 1. The lowest BCUT2D eigenvalue weighted by Gasteiger charge is -2.17. The molecule has 2 amide bonds. The van der Waals surface area contributed by atoms with Crippen molar-refractivity contribution in [3.8, 4) is 5.75 Å². The van der Waals surface area contributed by atoms with E-state index in [0.717, 1.165) is 5.56 Å². The fourth-order valence-corrected chi connectivity index (χ4v) is 2.19. The summed E-state index contributed by atoms with van der Waals surface area (Å²) in [5.74, 6) is -0.434. The molecule has 0 aliphatic carbocycles. The first kappa shape index (κ1) is 17.6. The number of rotatable bonds is 5. The molecule has 7 heteroatoms. The molecule has 0 aromatic heterocycles. The molecule has 0 heterocycles. The molecule has 2 aromatic rings. The molecule has 0 spiro atoms. The summed E-state index contributed by atoms with van der Waals surface area (Å²) in [7, 11) is 1.25. The number of carbonyl (C=O) groups excluding carboxylic acids is 2. The summed E-state index contributed by atoms with van der Waals surface area (Å²) < 4.78 is 4.73. The fraction of sp³-hybridized carbons (Fsp3) is 0.176. The molecule has 0 fully saturated rings. The highest BCUT2D eigenvalue weighted by Gasteiger charge is 2.22. The first-order valence-corrected chi connectivity index (χ1v) is 7.54. The van der Waals surface area contributed by atoms with E-state index in [1.165, 1.54) is 19.2 Å². The number of carbonyl (C=O) groups is 2. The van der Waals surface area contributed by atoms with E-state index in [9.17, 15) is 14.7 Å². The van der Waals surface area contributed by atoms with Gasteiger partial charge in [-0.15, -0.1) is 0 Å². The number of hydrogen-bond acceptors (Lipinski definition) is 4. The SMILES string of the molecule is COC(=O)C(Cc1ccc(O)cc1)NC(=O)Nc1ccc(Cl)cc1. The lowest BCUT2D eigenvalue weighted by atomic mass is 10.1. The third-order valence-electron chi connectivity index (χ3n) is 3.27. The van der Waals surface area contributed by atoms with Crippen LogP contribution in [0.1, 0.15) is 5.56 Å². The number of amides is 2. The predicted molar refractivity (Wildman–Crippen MR) is 91.2 cm³/mol. The van der Waals surface area contributed by atoms with Gasteiger partial charge in [-0.05, 0) is 42.0 Å². The number of phenols is 1. The Bertz CT molecular complexity index is 702. The van der Waals surface area contributed by atoms with Crippen LogP contribution in [0, 0.1) is 0 Å². The molecule has 2 aromatic carbocycles. The quantitative estimate of drug-likeness (QED) is 0.725. The summed E-state index contributed by atoms with van der Waals surface area (Å²) in [6.07, 6.45) is 0.237. The van der Waals surface area contributed by atoms with E-state index in [4.69, 9.17) is 16.3 Å². The highest BCUT2D eigenvalue weighted by molar-refractivity contribution is 6.30. The molecule has 0 radical (unpaired) electrons. The number of urea groups is 1. The van der Waals surface area contributed by atoms with Gasteiger partial charge in [0.25, 0.3) is 0 Å². The largest absolute Gasteiger partial charge is 0.508 e. The van der Waals surface area contributed by atoms with Gasteiger partial charge in [0.15, 0.2) is 0 Å². The normalized spacial score (nSPS) is 11.4. The van der Waals surface area contributed by atoms with Crippen molar-refractivity contribution in [3.05, 3.63) is 59.1 Å². The lowest BCUT2D eigenvalue weighted by Crippen LogP contribution is -2.45. The average molecular weight is 349 g/mol. The highest BCUT2D eigenvalue weighted by atomic mass is 35.5. The van der Waals surface area contributed by atoms with Gasteiger partial charge in [-0.3, -0.25) is 0 Å². The van der Waals surface area contributed by atoms with Crippen molar-refractivity contribution >= 4 is 29.3 Å². The van der Waals surface area contributed by atoms with Crippen molar-refractivity contribution in [1.82, 2.24) is 5.32 Å². The monoisotopic (exact) mass is 348 g/mol. The number of hydrogen-bond donors (Lipinski definition) is 3. The van der Waals surface area contributed by atoms with Gasteiger partial charge in [0.2, 0.25) is 0 Å². The standard InChI is InChI=1S/C17H17ClN2O4/c1-24-16(22)15(10-11-2-8-14(21)9-3-11)20-17(23)19-13-6-4-12(18)5-7-13/h2-9,15,21H,10H2,1H3,(H2,19,20,23). The minimum atomic E-state index is -0.855. The average Bonchev–Trinajstić information content (AvgIpc) is 2.57. The molecule has 0 aliphatic rings. The van der Waals surface area contributed by atoms with Crippen molar-refractivity contribution in [1.29, 1.82) is 0 Å². The van der Waals surface area contributed by atoms with E-state index in [2.05, 4.69) is 10.6 Å². The predicted octanol–water partition coefficient (Wildman–Crippen LogP) is 2.95. The van der Waals surface area contributed by atoms with Crippen LogP contribution < -0.4 is 10.6 Å². The zero-order valence-corrected chi connectivity index (χ0v) is 13.7. The molecule has 126 valence electrons. The van der Waals surface area contributed by atoms with Gasteiger partial charge in [0.05, 0.1) is 7.11 Å². The summed E-state index contributed by atoms with van der Waals surface area (Å²) in [5, 5.41) is 15.0. The highest BCUT2D eigenvalue weighted by Crippen LogP contribution is 2.14. The van der Waals surface area contributed by atoms with Crippen LogP contribution in [-0.2, 0) is 16.0 Å². The zero-order valence-electron chi connectivity index (χ0n) is 13.0. The fourth-order valence-electron chi connectivity index (χ4n) is 2.06. The maximum Gasteiger partial charge on any atom is 0.328 e. The van der Waals surface area contributed by atoms with Crippen molar-refractivity contribution in [2.75, 3.05) is 12.4 Å². The minimum Gasteiger partial charge on any atom is -0.508 e. The molecule has 1 atom stereocenters. The van der Waals surface area contributed by atoms with E-state index in [0.29, 0.717) is 10.7 Å². The third-order valence-corrected chi connectivity index (χ3v) is 3.52. The molecule has 0 saturated carbocycles. The number of nitrogens with one attached hydrogen (secondary N) is 2. The van der Waals surface area contributed by atoms with Crippen LogP contribution in [0.2, 0.25) is 5.02 Å². The number of benzene rings is 2. The number of phenolic OH excluding ortho intramolecular Hbond substituents is 1. The number of anilines is 1. The molecule has 6 nitrogen and oxygen atoms in total. The summed E-state index contributed by atoms with van der Waals surface area (Å²) in [4.78, 5) is 24.0. The smallest absolute Gasteiger partial charge is 0.328 e. The van der Waals surface area contributed by atoms with Crippen LogP contribution in [0.3, 0.4) is 0 Å². The van der Waals surface area contributed by atoms with Crippen molar-refractivity contribution < 1.29 is 19.4 Å². The molecule has 0 saturated heterocycles. The van der Waals surface area contributed by atoms with E-state index >= 15 is 0 Å². The lowest BCUT2D eigenvalue weighted by molar-refractivity contribution is -0.142. The van der Waals surface area contributed by atoms with E-state index in [-0.39, 0.29) is 12.2 Å². The Kier molecular flexibility index (Phi) is 6.03. The Morgan fingerprint density at radius 1 is 1.12 bits per heavy atom.